The third-order valence-electron chi connectivity index (χ3n) is 3.35. The summed E-state index contributed by atoms with van der Waals surface area (Å²) in [5.41, 5.74) is 0.579. The van der Waals surface area contributed by atoms with Crippen molar-refractivity contribution in [1.29, 1.82) is 0 Å². The molecule has 0 atom stereocenters. The number of benzene rings is 2. The fourth-order valence-corrected chi connectivity index (χ4v) is 3.42. The van der Waals surface area contributed by atoms with Gasteiger partial charge in [-0.15, -0.1) is 16.9 Å². The minimum Gasteiger partial charge on any atom is -0.323 e. The fraction of sp³-hybridized carbons (Fsp3) is 0.125. The van der Waals surface area contributed by atoms with Crippen LogP contribution in [0.4, 0.5) is 10.1 Å². The van der Waals surface area contributed by atoms with Crippen molar-refractivity contribution in [3.05, 3.63) is 58.1 Å². The zero-order valence-electron chi connectivity index (χ0n) is 13.4. The molecule has 1 amide bonds. The predicted molar refractivity (Wildman–Crippen MR) is 99.7 cm³/mol. The van der Waals surface area contributed by atoms with E-state index in [2.05, 4.69) is 20.8 Å². The number of thioether (sulfide) groups is 1. The third kappa shape index (κ3) is 4.32. The molecule has 1 N–H and O–H groups in total. The molecule has 0 saturated heterocycles. The number of aryl methyl sites for hydroxylation is 1. The van der Waals surface area contributed by atoms with Crippen LogP contribution in [0.2, 0.25) is 10.0 Å². The van der Waals surface area contributed by atoms with Crippen LogP contribution in [0.3, 0.4) is 0 Å². The number of aromatic nitrogens is 4. The molecule has 3 aromatic rings. The second-order valence-corrected chi connectivity index (χ2v) is 7.07. The third-order valence-corrected chi connectivity index (χ3v) is 5.08. The summed E-state index contributed by atoms with van der Waals surface area (Å²) >= 11 is 13.2. The van der Waals surface area contributed by atoms with E-state index >= 15 is 0 Å². The zero-order valence-corrected chi connectivity index (χ0v) is 15.7. The number of rotatable bonds is 5. The van der Waals surface area contributed by atoms with Crippen LogP contribution in [0, 0.1) is 12.7 Å². The van der Waals surface area contributed by atoms with Crippen molar-refractivity contribution in [2.45, 2.75) is 11.8 Å². The molecule has 0 unspecified atom stereocenters. The van der Waals surface area contributed by atoms with E-state index in [1.54, 1.807) is 25.1 Å². The van der Waals surface area contributed by atoms with Gasteiger partial charge in [-0.3, -0.25) is 4.79 Å². The molecule has 3 rings (SSSR count). The van der Waals surface area contributed by atoms with E-state index < -0.39 is 5.82 Å². The van der Waals surface area contributed by atoms with Gasteiger partial charge in [-0.25, -0.2) is 4.39 Å². The molecule has 0 bridgehead atoms. The summed E-state index contributed by atoms with van der Waals surface area (Å²) in [6, 6.07) is 9.22. The molecule has 6 nitrogen and oxygen atoms in total. The first-order valence-corrected chi connectivity index (χ1v) is 9.11. The Morgan fingerprint density at radius 2 is 2.08 bits per heavy atom. The molecule has 0 spiro atoms. The summed E-state index contributed by atoms with van der Waals surface area (Å²) in [5, 5.41) is 14.7. The van der Waals surface area contributed by atoms with Crippen LogP contribution in [0.5, 0.6) is 0 Å². The first kappa shape index (κ1) is 18.6. The van der Waals surface area contributed by atoms with Crippen LogP contribution < -0.4 is 5.32 Å². The van der Waals surface area contributed by atoms with Crippen LogP contribution in [-0.4, -0.2) is 31.9 Å². The average molecular weight is 412 g/mol. The predicted octanol–water partition coefficient (Wildman–Crippen LogP) is 4.15. The van der Waals surface area contributed by atoms with E-state index in [-0.39, 0.29) is 17.3 Å². The molecule has 2 aromatic carbocycles. The first-order chi connectivity index (χ1) is 12.4. The van der Waals surface area contributed by atoms with Gasteiger partial charge in [-0.2, -0.15) is 4.68 Å². The Labute approximate surface area is 162 Å². The standard InChI is InChI=1S/C16H12Cl2FN5OS/c1-9-21-22-23-24(9)11-3-5-13(19)14(7-11)20-16(25)8-26-15-6-10(17)2-4-12(15)18/h2-7H,8H2,1H3,(H,20,25). The number of carbonyl (C=O) groups is 1. The monoisotopic (exact) mass is 411 g/mol. The van der Waals surface area contributed by atoms with E-state index in [0.717, 1.165) is 0 Å². The van der Waals surface area contributed by atoms with Crippen LogP contribution in [0.15, 0.2) is 41.3 Å². The number of halogens is 3. The van der Waals surface area contributed by atoms with Crippen LogP contribution in [0.1, 0.15) is 5.82 Å². The maximum atomic E-state index is 14.0. The molecule has 0 fully saturated rings. The highest BCUT2D eigenvalue weighted by atomic mass is 35.5. The Balaban J connectivity index is 1.71. The lowest BCUT2D eigenvalue weighted by Crippen LogP contribution is -2.15. The maximum Gasteiger partial charge on any atom is 0.234 e. The topological polar surface area (TPSA) is 72.7 Å². The highest BCUT2D eigenvalue weighted by molar-refractivity contribution is 8.00. The number of carbonyl (C=O) groups excluding carboxylic acids is 1. The quantitative estimate of drug-likeness (QED) is 0.638. The lowest BCUT2D eigenvalue weighted by Gasteiger charge is -2.09. The van der Waals surface area contributed by atoms with Gasteiger partial charge in [0.05, 0.1) is 22.2 Å². The molecule has 26 heavy (non-hydrogen) atoms. The molecule has 0 aliphatic rings. The molecule has 0 aliphatic carbocycles. The molecule has 0 radical (unpaired) electrons. The van der Waals surface area contributed by atoms with Crippen LogP contribution in [-0.2, 0) is 4.79 Å². The number of nitrogens with zero attached hydrogens (tertiary/aromatic N) is 4. The Bertz CT molecular complexity index is 966. The number of anilines is 1. The van der Waals surface area contributed by atoms with Gasteiger partial charge in [0.15, 0.2) is 5.82 Å². The van der Waals surface area contributed by atoms with Gasteiger partial charge in [0, 0.05) is 9.92 Å². The number of tetrazole rings is 1. The Hall–Kier alpha value is -2.16. The Morgan fingerprint density at radius 1 is 1.27 bits per heavy atom. The van der Waals surface area contributed by atoms with Gasteiger partial charge in [-0.05, 0) is 53.7 Å². The van der Waals surface area contributed by atoms with Crippen molar-refractivity contribution in [2.24, 2.45) is 0 Å². The second kappa shape index (κ2) is 8.03. The summed E-state index contributed by atoms with van der Waals surface area (Å²) in [5.74, 6) is -0.345. The molecule has 10 heteroatoms. The smallest absolute Gasteiger partial charge is 0.234 e. The molecule has 0 aliphatic heterocycles. The largest absolute Gasteiger partial charge is 0.323 e. The van der Waals surface area contributed by atoms with Gasteiger partial charge in [0.25, 0.3) is 0 Å². The molecule has 0 saturated carbocycles. The zero-order chi connectivity index (χ0) is 18.7. The lowest BCUT2D eigenvalue weighted by atomic mass is 10.2. The summed E-state index contributed by atoms with van der Waals surface area (Å²) < 4.78 is 15.5. The molecule has 1 aromatic heterocycles. The van der Waals surface area contributed by atoms with E-state index in [1.807, 2.05) is 0 Å². The molecule has 134 valence electrons. The van der Waals surface area contributed by atoms with Crippen molar-refractivity contribution in [1.82, 2.24) is 20.2 Å². The van der Waals surface area contributed by atoms with E-state index in [9.17, 15) is 9.18 Å². The molecular weight excluding hydrogens is 400 g/mol. The molecule has 1 heterocycles. The van der Waals surface area contributed by atoms with E-state index in [4.69, 9.17) is 23.2 Å². The number of hydrogen-bond donors (Lipinski definition) is 1. The van der Waals surface area contributed by atoms with Gasteiger partial charge in [0.1, 0.15) is 5.82 Å². The Morgan fingerprint density at radius 3 is 2.81 bits per heavy atom. The number of hydrogen-bond acceptors (Lipinski definition) is 5. The highest BCUT2D eigenvalue weighted by Crippen LogP contribution is 2.30. The van der Waals surface area contributed by atoms with E-state index in [1.165, 1.54) is 34.6 Å². The SMILES string of the molecule is Cc1nnnn1-c1ccc(F)c(NC(=O)CSc2cc(Cl)ccc2Cl)c1. The maximum absolute atomic E-state index is 14.0. The molecular formula is C16H12Cl2FN5OS. The lowest BCUT2D eigenvalue weighted by molar-refractivity contribution is -0.113. The van der Waals surface area contributed by atoms with Crippen molar-refractivity contribution in [2.75, 3.05) is 11.1 Å². The second-order valence-electron chi connectivity index (χ2n) is 5.21. The Kier molecular flexibility index (Phi) is 5.75. The summed E-state index contributed by atoms with van der Waals surface area (Å²) in [6.45, 7) is 1.72. The van der Waals surface area contributed by atoms with Gasteiger partial charge < -0.3 is 5.32 Å². The average Bonchev–Trinajstić information content (AvgIpc) is 3.04. The minimum atomic E-state index is -0.557. The van der Waals surface area contributed by atoms with Crippen molar-refractivity contribution in [3.8, 4) is 5.69 Å². The number of nitrogens with one attached hydrogen (secondary N) is 1. The van der Waals surface area contributed by atoms with Gasteiger partial charge >= 0.3 is 0 Å². The summed E-state index contributed by atoms with van der Waals surface area (Å²) in [7, 11) is 0. The fourth-order valence-electron chi connectivity index (χ4n) is 2.13. The number of amides is 1. The van der Waals surface area contributed by atoms with Gasteiger partial charge in [0.2, 0.25) is 5.91 Å². The summed E-state index contributed by atoms with van der Waals surface area (Å²) in [6.07, 6.45) is 0. The highest BCUT2D eigenvalue weighted by Gasteiger charge is 2.12. The normalized spacial score (nSPS) is 10.8. The van der Waals surface area contributed by atoms with Gasteiger partial charge in [-0.1, -0.05) is 23.2 Å². The van der Waals surface area contributed by atoms with Crippen LogP contribution in [0.25, 0.3) is 5.69 Å². The minimum absolute atomic E-state index is 0.0418. The summed E-state index contributed by atoms with van der Waals surface area (Å²) in [4.78, 5) is 12.9. The van der Waals surface area contributed by atoms with Crippen molar-refractivity contribution < 1.29 is 9.18 Å². The van der Waals surface area contributed by atoms with E-state index in [0.29, 0.717) is 26.5 Å². The van der Waals surface area contributed by atoms with Crippen molar-refractivity contribution in [3.63, 3.8) is 0 Å². The first-order valence-electron chi connectivity index (χ1n) is 7.36. The van der Waals surface area contributed by atoms with Crippen molar-refractivity contribution >= 4 is 46.6 Å². The van der Waals surface area contributed by atoms with Crippen LogP contribution >= 0.6 is 35.0 Å².